The molecule has 0 saturated carbocycles. The fraction of sp³-hybridized carbons (Fsp3) is 0.400. The van der Waals surface area contributed by atoms with Crippen LogP contribution in [0.4, 0.5) is 32.2 Å². The van der Waals surface area contributed by atoms with Gasteiger partial charge in [-0.1, -0.05) is 0 Å². The Kier molecular flexibility index (Phi) is 5.21. The van der Waals surface area contributed by atoms with E-state index in [-0.39, 0.29) is 17.7 Å². The third-order valence-electron chi connectivity index (χ3n) is 4.00. The van der Waals surface area contributed by atoms with E-state index in [2.05, 4.69) is 14.7 Å². The van der Waals surface area contributed by atoms with Crippen molar-refractivity contribution >= 4 is 15.8 Å². The lowest BCUT2D eigenvalue weighted by molar-refractivity contribution is -0.0133. The van der Waals surface area contributed by atoms with E-state index in [1.807, 2.05) is 0 Å². The molecule has 2 aromatic heterocycles. The van der Waals surface area contributed by atoms with Gasteiger partial charge in [0, 0.05) is 24.4 Å². The van der Waals surface area contributed by atoms with Crippen LogP contribution < -0.4 is 9.46 Å². The van der Waals surface area contributed by atoms with Crippen molar-refractivity contribution in [3.05, 3.63) is 35.3 Å². The van der Waals surface area contributed by atoms with E-state index in [1.54, 1.807) is 4.72 Å². The Morgan fingerprint density at radius 2 is 2.04 bits per heavy atom. The molecule has 0 amide bonds. The van der Waals surface area contributed by atoms with Crippen molar-refractivity contribution in [3.63, 3.8) is 0 Å². The SMILES string of the molecule is O=S(=O)(Nc1nc(F)c(OCC(F)F)cc1F)c1c[nH]c2c1CCC(F)(F)C2. The molecule has 0 unspecified atom stereocenters. The summed E-state index contributed by atoms with van der Waals surface area (Å²) in [6, 6.07) is 0.371. The smallest absolute Gasteiger partial charge is 0.272 e. The standard InChI is InChI=1S/C15H13F6N3O3S/c16-8-3-10(27-6-12(17)18)13(19)23-14(8)24-28(25,26)11-5-22-9-4-15(20,21)2-1-7(9)11/h3,5,12,22H,1-2,4,6H2,(H,23,24). The van der Waals surface area contributed by atoms with Crippen molar-refractivity contribution in [2.75, 3.05) is 11.3 Å². The largest absolute Gasteiger partial charge is 0.483 e. The highest BCUT2D eigenvalue weighted by Gasteiger charge is 2.38. The second-order valence-electron chi connectivity index (χ2n) is 6.06. The zero-order valence-electron chi connectivity index (χ0n) is 13.9. The molecule has 0 atom stereocenters. The van der Waals surface area contributed by atoms with Crippen LogP contribution in [-0.2, 0) is 22.9 Å². The monoisotopic (exact) mass is 429 g/mol. The number of ether oxygens (including phenoxy) is 1. The Morgan fingerprint density at radius 3 is 2.71 bits per heavy atom. The number of pyridine rings is 1. The molecular formula is C15H13F6N3O3S. The molecule has 13 heteroatoms. The predicted molar refractivity (Wildman–Crippen MR) is 84.2 cm³/mol. The summed E-state index contributed by atoms with van der Waals surface area (Å²) in [5.41, 5.74) is 0.156. The third-order valence-corrected chi connectivity index (χ3v) is 5.40. The van der Waals surface area contributed by atoms with Crippen LogP contribution in [0.2, 0.25) is 0 Å². The number of hydrogen-bond donors (Lipinski definition) is 2. The molecule has 2 heterocycles. The van der Waals surface area contributed by atoms with Crippen LogP contribution in [0.5, 0.6) is 5.75 Å². The molecule has 3 rings (SSSR count). The minimum absolute atomic E-state index is 0.0342. The second-order valence-corrected chi connectivity index (χ2v) is 7.71. The summed E-state index contributed by atoms with van der Waals surface area (Å²) in [5.74, 6) is -7.79. The molecule has 28 heavy (non-hydrogen) atoms. The molecular weight excluding hydrogens is 416 g/mol. The lowest BCUT2D eigenvalue weighted by atomic mass is 9.95. The number of hydrogen-bond acceptors (Lipinski definition) is 4. The highest BCUT2D eigenvalue weighted by molar-refractivity contribution is 7.92. The van der Waals surface area contributed by atoms with Gasteiger partial charge in [0.15, 0.2) is 17.4 Å². The van der Waals surface area contributed by atoms with E-state index in [4.69, 9.17) is 0 Å². The minimum atomic E-state index is -4.48. The number of aromatic amines is 1. The van der Waals surface area contributed by atoms with E-state index < -0.39 is 70.0 Å². The first-order chi connectivity index (χ1) is 13.0. The van der Waals surface area contributed by atoms with Crippen molar-refractivity contribution < 1.29 is 39.5 Å². The van der Waals surface area contributed by atoms with Crippen molar-refractivity contribution in [1.29, 1.82) is 0 Å². The molecule has 0 fully saturated rings. The molecule has 1 aliphatic rings. The summed E-state index contributed by atoms with van der Waals surface area (Å²) in [6.45, 7) is -1.21. The van der Waals surface area contributed by atoms with Gasteiger partial charge in [0.05, 0.1) is 6.42 Å². The number of halogens is 6. The Hall–Kier alpha value is -2.44. The zero-order valence-corrected chi connectivity index (χ0v) is 14.7. The Morgan fingerprint density at radius 1 is 1.32 bits per heavy atom. The molecule has 0 spiro atoms. The number of nitrogens with zero attached hydrogens (tertiary/aromatic N) is 1. The molecule has 2 N–H and O–H groups in total. The average molecular weight is 429 g/mol. The van der Waals surface area contributed by atoms with E-state index in [9.17, 15) is 34.8 Å². The van der Waals surface area contributed by atoms with Crippen LogP contribution in [0.15, 0.2) is 17.2 Å². The molecule has 1 aliphatic carbocycles. The Bertz CT molecular complexity index is 993. The van der Waals surface area contributed by atoms with Crippen LogP contribution in [0.3, 0.4) is 0 Å². The van der Waals surface area contributed by atoms with Gasteiger partial charge in [-0.3, -0.25) is 4.72 Å². The van der Waals surface area contributed by atoms with Crippen LogP contribution in [-0.4, -0.2) is 37.3 Å². The number of fused-ring (bicyclic) bond motifs is 1. The molecule has 154 valence electrons. The van der Waals surface area contributed by atoms with Crippen molar-refractivity contribution in [1.82, 2.24) is 9.97 Å². The molecule has 0 saturated heterocycles. The highest BCUT2D eigenvalue weighted by atomic mass is 32.2. The van der Waals surface area contributed by atoms with E-state index in [0.717, 1.165) is 6.20 Å². The first-order valence-corrected chi connectivity index (χ1v) is 9.33. The van der Waals surface area contributed by atoms with Gasteiger partial charge in [-0.2, -0.15) is 9.37 Å². The summed E-state index contributed by atoms with van der Waals surface area (Å²) in [4.78, 5) is 5.12. The molecule has 0 radical (unpaired) electrons. The van der Waals surface area contributed by atoms with Gasteiger partial charge < -0.3 is 9.72 Å². The molecule has 0 aliphatic heterocycles. The highest BCUT2D eigenvalue weighted by Crippen LogP contribution is 2.36. The minimum Gasteiger partial charge on any atom is -0.483 e. The lowest BCUT2D eigenvalue weighted by Gasteiger charge is -2.22. The number of anilines is 1. The topological polar surface area (TPSA) is 84.1 Å². The zero-order chi connectivity index (χ0) is 20.7. The maximum Gasteiger partial charge on any atom is 0.272 e. The Labute approximate surface area is 155 Å². The van der Waals surface area contributed by atoms with E-state index >= 15 is 0 Å². The number of sulfonamides is 1. The summed E-state index contributed by atoms with van der Waals surface area (Å²) < 4.78 is 110. The molecule has 6 nitrogen and oxygen atoms in total. The van der Waals surface area contributed by atoms with Gasteiger partial charge in [-0.15, -0.1) is 0 Å². The Balaban J connectivity index is 1.86. The number of H-pyrrole nitrogens is 1. The van der Waals surface area contributed by atoms with Crippen LogP contribution in [0, 0.1) is 11.8 Å². The third kappa shape index (κ3) is 4.18. The average Bonchev–Trinajstić information content (AvgIpc) is 2.98. The van der Waals surface area contributed by atoms with Gasteiger partial charge in [-0.25, -0.2) is 30.4 Å². The summed E-state index contributed by atoms with van der Waals surface area (Å²) in [5, 5.41) is 0. The fourth-order valence-corrected chi connectivity index (χ4v) is 4.03. The summed E-state index contributed by atoms with van der Waals surface area (Å²) in [6.07, 6.45) is -3.42. The van der Waals surface area contributed by atoms with Crippen molar-refractivity contribution in [3.8, 4) is 5.75 Å². The van der Waals surface area contributed by atoms with Gasteiger partial charge >= 0.3 is 0 Å². The maximum atomic E-state index is 14.0. The van der Waals surface area contributed by atoms with Gasteiger partial charge in [0.25, 0.3) is 28.3 Å². The summed E-state index contributed by atoms with van der Waals surface area (Å²) in [7, 11) is -4.48. The van der Waals surface area contributed by atoms with Crippen LogP contribution in [0.1, 0.15) is 17.7 Å². The number of nitrogens with one attached hydrogen (secondary N) is 2. The first kappa shape index (κ1) is 20.3. The molecule has 0 aromatic carbocycles. The first-order valence-electron chi connectivity index (χ1n) is 7.85. The van der Waals surface area contributed by atoms with Crippen LogP contribution >= 0.6 is 0 Å². The molecule has 0 bridgehead atoms. The van der Waals surface area contributed by atoms with Gasteiger partial charge in [-0.05, 0) is 12.0 Å². The normalized spacial score (nSPS) is 16.1. The van der Waals surface area contributed by atoms with E-state index in [0.29, 0.717) is 6.07 Å². The van der Waals surface area contributed by atoms with Gasteiger partial charge in [0.2, 0.25) is 0 Å². The number of aromatic nitrogens is 2. The quantitative estimate of drug-likeness (QED) is 0.546. The van der Waals surface area contributed by atoms with Crippen LogP contribution in [0.25, 0.3) is 0 Å². The van der Waals surface area contributed by atoms with Gasteiger partial charge in [0.1, 0.15) is 11.5 Å². The second kappa shape index (κ2) is 7.18. The lowest BCUT2D eigenvalue weighted by Crippen LogP contribution is -2.26. The van der Waals surface area contributed by atoms with Crippen molar-refractivity contribution in [2.24, 2.45) is 0 Å². The van der Waals surface area contributed by atoms with E-state index in [1.165, 1.54) is 0 Å². The number of rotatable bonds is 6. The predicted octanol–water partition coefficient (Wildman–Crippen LogP) is 3.26. The molecule has 2 aromatic rings. The fourth-order valence-electron chi connectivity index (χ4n) is 2.76. The summed E-state index contributed by atoms with van der Waals surface area (Å²) >= 11 is 0. The number of alkyl halides is 4. The van der Waals surface area contributed by atoms with Crippen molar-refractivity contribution in [2.45, 2.75) is 36.5 Å². The maximum absolute atomic E-state index is 14.0.